The van der Waals surface area contributed by atoms with Crippen LogP contribution >= 0.6 is 0 Å². The van der Waals surface area contributed by atoms with Gasteiger partial charge in [-0.15, -0.1) is 0 Å². The van der Waals surface area contributed by atoms with Crippen molar-refractivity contribution >= 4 is 21.6 Å². The second-order valence-corrected chi connectivity index (χ2v) is 10.1. The first-order chi connectivity index (χ1) is 15.7. The Morgan fingerprint density at radius 3 is 2.30 bits per heavy atom. The minimum absolute atomic E-state index is 0.256. The maximum Gasteiger partial charge on any atom is 0.243 e. The van der Waals surface area contributed by atoms with Gasteiger partial charge in [0.15, 0.2) is 11.5 Å². The molecule has 1 heterocycles. The van der Waals surface area contributed by atoms with Crippen molar-refractivity contribution in [1.82, 2.24) is 5.32 Å². The fraction of sp³-hybridized carbons (Fsp3) is 0.458. The number of amides is 1. The Morgan fingerprint density at radius 1 is 1.09 bits per heavy atom. The predicted molar refractivity (Wildman–Crippen MR) is 128 cm³/mol. The van der Waals surface area contributed by atoms with E-state index >= 15 is 0 Å². The second kappa shape index (κ2) is 10.4. The molecule has 9 heteroatoms. The fourth-order valence-corrected chi connectivity index (χ4v) is 5.46. The zero-order valence-electron chi connectivity index (χ0n) is 19.5. The van der Waals surface area contributed by atoms with Crippen molar-refractivity contribution in [2.24, 2.45) is 0 Å². The minimum atomic E-state index is -3.76. The molecule has 1 aliphatic rings. The molecule has 8 nitrogen and oxygen atoms in total. The van der Waals surface area contributed by atoms with Crippen molar-refractivity contribution in [3.05, 3.63) is 54.1 Å². The van der Waals surface area contributed by atoms with Crippen LogP contribution < -0.4 is 19.1 Å². The lowest BCUT2D eigenvalue weighted by molar-refractivity contribution is -0.122. The summed E-state index contributed by atoms with van der Waals surface area (Å²) in [5.41, 5.74) is 1.21. The Bertz CT molecular complexity index is 1050. The normalized spacial score (nSPS) is 16.5. The Kier molecular flexibility index (Phi) is 7.86. The van der Waals surface area contributed by atoms with E-state index in [9.17, 15) is 13.2 Å². The molecule has 1 fully saturated rings. The number of hydrogen-bond donors (Lipinski definition) is 1. The minimum Gasteiger partial charge on any atom is -0.493 e. The highest BCUT2D eigenvalue weighted by Crippen LogP contribution is 2.35. The molecular formula is C24H32N2O6S. The first-order valence-electron chi connectivity index (χ1n) is 10.8. The molecule has 0 bridgehead atoms. The van der Waals surface area contributed by atoms with Gasteiger partial charge in [-0.25, -0.2) is 8.42 Å². The first kappa shape index (κ1) is 24.9. The van der Waals surface area contributed by atoms with Gasteiger partial charge in [0.1, 0.15) is 6.04 Å². The molecule has 0 aromatic heterocycles. The fourth-order valence-electron chi connectivity index (χ4n) is 4.30. The third kappa shape index (κ3) is 5.59. The lowest BCUT2D eigenvalue weighted by atomic mass is 9.74. The van der Waals surface area contributed by atoms with E-state index < -0.39 is 16.1 Å². The maximum atomic E-state index is 13.2. The second-order valence-electron chi connectivity index (χ2n) is 8.25. The molecule has 2 aromatic carbocycles. The first-order valence-corrected chi connectivity index (χ1v) is 12.7. The number of nitrogens with zero attached hydrogens (tertiary/aromatic N) is 1. The van der Waals surface area contributed by atoms with Crippen LogP contribution in [0.4, 0.5) is 5.69 Å². The van der Waals surface area contributed by atoms with E-state index in [1.807, 2.05) is 18.2 Å². The standard InChI is InChI=1S/C24H32N2O6S/c1-18(26(33(4,28)29)20-10-11-21(30-2)22(16-20)31-3)23(27)25-17-24(12-14-32-15-13-24)19-8-6-5-7-9-19/h5-11,16,18H,12-15,17H2,1-4H3,(H,25,27)/t18-/m1/s1. The lowest BCUT2D eigenvalue weighted by Gasteiger charge is -2.38. The van der Waals surface area contributed by atoms with E-state index in [1.54, 1.807) is 25.1 Å². The van der Waals surface area contributed by atoms with Gasteiger partial charge in [-0.3, -0.25) is 9.10 Å². The molecule has 180 valence electrons. The Labute approximate surface area is 195 Å². The van der Waals surface area contributed by atoms with E-state index in [0.717, 1.165) is 29.0 Å². The number of carbonyl (C=O) groups is 1. The van der Waals surface area contributed by atoms with Gasteiger partial charge < -0.3 is 19.5 Å². The number of methoxy groups -OCH3 is 2. The number of nitrogens with one attached hydrogen (secondary N) is 1. The van der Waals surface area contributed by atoms with Crippen LogP contribution in [-0.4, -0.2) is 60.6 Å². The Balaban J connectivity index is 1.84. The molecule has 0 radical (unpaired) electrons. The van der Waals surface area contributed by atoms with Gasteiger partial charge in [-0.05, 0) is 37.5 Å². The number of sulfonamides is 1. The summed E-state index contributed by atoms with van der Waals surface area (Å²) in [6.45, 7) is 3.20. The number of hydrogen-bond acceptors (Lipinski definition) is 6. The lowest BCUT2D eigenvalue weighted by Crippen LogP contribution is -2.51. The zero-order valence-corrected chi connectivity index (χ0v) is 20.4. The zero-order chi connectivity index (χ0) is 24.1. The van der Waals surface area contributed by atoms with Gasteiger partial charge in [0.25, 0.3) is 0 Å². The molecule has 2 aromatic rings. The molecule has 1 aliphatic heterocycles. The van der Waals surface area contributed by atoms with Crippen molar-refractivity contribution in [2.45, 2.75) is 31.2 Å². The molecule has 0 spiro atoms. The van der Waals surface area contributed by atoms with Crippen molar-refractivity contribution in [3.8, 4) is 11.5 Å². The van der Waals surface area contributed by atoms with Gasteiger partial charge in [-0.2, -0.15) is 0 Å². The number of anilines is 1. The van der Waals surface area contributed by atoms with Crippen LogP contribution in [-0.2, 0) is 25.0 Å². The number of carbonyl (C=O) groups excluding carboxylic acids is 1. The summed E-state index contributed by atoms with van der Waals surface area (Å²) >= 11 is 0. The molecular weight excluding hydrogens is 444 g/mol. The topological polar surface area (TPSA) is 94.2 Å². The summed E-state index contributed by atoms with van der Waals surface area (Å²) in [4.78, 5) is 13.2. The Morgan fingerprint density at radius 2 is 1.73 bits per heavy atom. The van der Waals surface area contributed by atoms with Crippen LogP contribution in [0.2, 0.25) is 0 Å². The van der Waals surface area contributed by atoms with Crippen LogP contribution in [0.25, 0.3) is 0 Å². The molecule has 0 unspecified atom stereocenters. The highest BCUT2D eigenvalue weighted by molar-refractivity contribution is 7.92. The molecule has 1 saturated heterocycles. The molecule has 1 amide bonds. The van der Waals surface area contributed by atoms with E-state index in [0.29, 0.717) is 36.9 Å². The van der Waals surface area contributed by atoms with Crippen LogP contribution in [0, 0.1) is 0 Å². The molecule has 1 N–H and O–H groups in total. The summed E-state index contributed by atoms with van der Waals surface area (Å²) in [5.74, 6) is 0.467. The third-order valence-corrected chi connectivity index (χ3v) is 7.39. The highest BCUT2D eigenvalue weighted by atomic mass is 32.2. The van der Waals surface area contributed by atoms with Gasteiger partial charge in [0, 0.05) is 31.2 Å². The van der Waals surface area contributed by atoms with E-state index in [1.165, 1.54) is 14.2 Å². The van der Waals surface area contributed by atoms with Crippen molar-refractivity contribution < 1.29 is 27.4 Å². The van der Waals surface area contributed by atoms with Gasteiger partial charge in [0.05, 0.1) is 26.2 Å². The molecule has 3 rings (SSSR count). The molecule has 33 heavy (non-hydrogen) atoms. The monoisotopic (exact) mass is 476 g/mol. The van der Waals surface area contributed by atoms with E-state index in [2.05, 4.69) is 17.4 Å². The largest absolute Gasteiger partial charge is 0.493 e. The number of rotatable bonds is 9. The highest BCUT2D eigenvalue weighted by Gasteiger charge is 2.36. The van der Waals surface area contributed by atoms with Crippen molar-refractivity contribution in [2.75, 3.05) is 44.5 Å². The summed E-state index contributed by atoms with van der Waals surface area (Å²) in [5, 5.41) is 3.01. The molecule has 1 atom stereocenters. The summed E-state index contributed by atoms with van der Waals surface area (Å²) in [6, 6.07) is 13.8. The summed E-state index contributed by atoms with van der Waals surface area (Å²) in [7, 11) is -0.789. The van der Waals surface area contributed by atoms with E-state index in [4.69, 9.17) is 14.2 Å². The van der Waals surface area contributed by atoms with Gasteiger partial charge >= 0.3 is 0 Å². The summed E-state index contributed by atoms with van der Waals surface area (Å²) in [6.07, 6.45) is 2.63. The number of ether oxygens (including phenoxy) is 3. The molecule has 0 saturated carbocycles. The van der Waals surface area contributed by atoms with Crippen molar-refractivity contribution in [1.29, 1.82) is 0 Å². The van der Waals surface area contributed by atoms with E-state index in [-0.39, 0.29) is 11.3 Å². The van der Waals surface area contributed by atoms with Crippen LogP contribution in [0.5, 0.6) is 11.5 Å². The SMILES string of the molecule is COc1ccc(N([C@H](C)C(=O)NCC2(c3ccccc3)CCOCC2)S(C)(=O)=O)cc1OC. The van der Waals surface area contributed by atoms with Gasteiger partial charge in [-0.1, -0.05) is 30.3 Å². The van der Waals surface area contributed by atoms with Gasteiger partial charge in [0.2, 0.25) is 15.9 Å². The van der Waals surface area contributed by atoms with Crippen LogP contribution in [0.15, 0.2) is 48.5 Å². The average molecular weight is 477 g/mol. The predicted octanol–water partition coefficient (Wildman–Crippen LogP) is 2.72. The Hall–Kier alpha value is -2.78. The average Bonchev–Trinajstić information content (AvgIpc) is 2.82. The van der Waals surface area contributed by atoms with Crippen LogP contribution in [0.1, 0.15) is 25.3 Å². The number of benzene rings is 2. The third-order valence-electron chi connectivity index (χ3n) is 6.15. The molecule has 0 aliphatic carbocycles. The maximum absolute atomic E-state index is 13.2. The van der Waals surface area contributed by atoms with Crippen LogP contribution in [0.3, 0.4) is 0 Å². The van der Waals surface area contributed by atoms with Crippen molar-refractivity contribution in [3.63, 3.8) is 0 Å². The quantitative estimate of drug-likeness (QED) is 0.598. The smallest absolute Gasteiger partial charge is 0.243 e. The summed E-state index contributed by atoms with van der Waals surface area (Å²) < 4.78 is 42.6.